The third kappa shape index (κ3) is 2.77. The molecule has 3 aliphatic rings. The number of esters is 1. The van der Waals surface area contributed by atoms with Crippen LogP contribution in [0.1, 0.15) is 36.5 Å². The van der Waals surface area contributed by atoms with Gasteiger partial charge in [0.2, 0.25) is 0 Å². The first-order valence-electron chi connectivity index (χ1n) is 10.2. The van der Waals surface area contributed by atoms with Gasteiger partial charge in [0, 0.05) is 6.92 Å². The number of aryl methyl sites for hydroxylation is 2. The Morgan fingerprint density at radius 1 is 0.966 bits per heavy atom. The molecule has 2 bridgehead atoms. The molecule has 5 rings (SSSR count). The van der Waals surface area contributed by atoms with Gasteiger partial charge in [0.1, 0.15) is 5.76 Å². The Balaban J connectivity index is 1.66. The molecule has 2 aliphatic heterocycles. The molecule has 2 aromatic rings. The molecule has 0 radical (unpaired) electrons. The first-order valence-corrected chi connectivity index (χ1v) is 10.2. The fourth-order valence-corrected chi connectivity index (χ4v) is 5.47. The molecule has 2 aromatic carbocycles. The summed E-state index contributed by atoms with van der Waals surface area (Å²) < 4.78 is 11.7. The van der Waals surface area contributed by atoms with Gasteiger partial charge in [-0.1, -0.05) is 42.5 Å². The van der Waals surface area contributed by atoms with Crippen LogP contribution in [0.15, 0.2) is 48.2 Å². The fourth-order valence-electron chi connectivity index (χ4n) is 5.47. The van der Waals surface area contributed by atoms with E-state index >= 15 is 0 Å². The first kappa shape index (κ1) is 18.3. The van der Waals surface area contributed by atoms with Crippen LogP contribution in [0.4, 0.5) is 0 Å². The zero-order valence-corrected chi connectivity index (χ0v) is 16.9. The number of Topliss-reactive ketones (excluding diaryl/α,β-unsaturated/α-hetero) is 1. The molecule has 4 heteroatoms. The highest BCUT2D eigenvalue weighted by atomic mass is 16.5. The molecule has 2 unspecified atom stereocenters. The van der Waals surface area contributed by atoms with Gasteiger partial charge >= 0.3 is 5.97 Å². The van der Waals surface area contributed by atoms with Crippen molar-refractivity contribution in [2.24, 2.45) is 11.8 Å². The summed E-state index contributed by atoms with van der Waals surface area (Å²) in [5.41, 5.74) is 5.79. The van der Waals surface area contributed by atoms with Gasteiger partial charge in [-0.25, -0.2) is 0 Å². The summed E-state index contributed by atoms with van der Waals surface area (Å²) in [6, 6.07) is 14.4. The van der Waals surface area contributed by atoms with Gasteiger partial charge in [0.15, 0.2) is 5.78 Å². The van der Waals surface area contributed by atoms with Crippen LogP contribution >= 0.6 is 0 Å². The summed E-state index contributed by atoms with van der Waals surface area (Å²) in [6.45, 7) is 5.45. The van der Waals surface area contributed by atoms with Gasteiger partial charge in [-0.2, -0.15) is 0 Å². The number of ketones is 1. The van der Waals surface area contributed by atoms with Gasteiger partial charge in [-0.3, -0.25) is 9.59 Å². The molecule has 29 heavy (non-hydrogen) atoms. The molecule has 0 saturated carbocycles. The molecule has 0 N–H and O–H groups in total. The van der Waals surface area contributed by atoms with Crippen LogP contribution in [0.5, 0.6) is 0 Å². The van der Waals surface area contributed by atoms with E-state index in [2.05, 4.69) is 24.3 Å². The SMILES string of the molecule is CC(=O)OC1=C(c2c(C)cc(-c3ccccc3)cc2C)C(=O)[C@H]2C3CCC(O3)[C@@H]12. The number of benzene rings is 2. The van der Waals surface area contributed by atoms with Crippen LogP contribution in [-0.4, -0.2) is 24.0 Å². The van der Waals surface area contributed by atoms with E-state index in [1.807, 2.05) is 32.0 Å². The van der Waals surface area contributed by atoms with Crippen molar-refractivity contribution in [2.45, 2.75) is 45.8 Å². The molecule has 4 atom stereocenters. The van der Waals surface area contributed by atoms with Gasteiger partial charge in [0.05, 0.1) is 29.6 Å². The Morgan fingerprint density at radius 2 is 1.59 bits per heavy atom. The Bertz CT molecular complexity index is 1030. The highest BCUT2D eigenvalue weighted by Crippen LogP contribution is 2.55. The molecule has 2 heterocycles. The minimum Gasteiger partial charge on any atom is -0.430 e. The monoisotopic (exact) mass is 388 g/mol. The molecule has 2 saturated heterocycles. The van der Waals surface area contributed by atoms with Crippen molar-refractivity contribution < 1.29 is 19.1 Å². The minimum atomic E-state index is -0.384. The van der Waals surface area contributed by atoms with Crippen LogP contribution in [0.25, 0.3) is 16.7 Å². The lowest BCUT2D eigenvalue weighted by atomic mass is 9.80. The molecular formula is C25H24O4. The summed E-state index contributed by atoms with van der Waals surface area (Å²) in [7, 11) is 0. The summed E-state index contributed by atoms with van der Waals surface area (Å²) in [6.07, 6.45) is 1.75. The smallest absolute Gasteiger partial charge is 0.307 e. The van der Waals surface area contributed by atoms with E-state index in [-0.39, 0.29) is 35.8 Å². The Kier molecular flexibility index (Phi) is 4.21. The molecule has 0 spiro atoms. The lowest BCUT2D eigenvalue weighted by Crippen LogP contribution is -2.29. The quantitative estimate of drug-likeness (QED) is 0.720. The van der Waals surface area contributed by atoms with Crippen LogP contribution in [0.2, 0.25) is 0 Å². The van der Waals surface area contributed by atoms with E-state index in [4.69, 9.17) is 9.47 Å². The highest BCUT2D eigenvalue weighted by Gasteiger charge is 2.60. The van der Waals surface area contributed by atoms with Crippen LogP contribution in [-0.2, 0) is 19.1 Å². The average Bonchev–Trinajstić information content (AvgIpc) is 3.37. The van der Waals surface area contributed by atoms with Crippen molar-refractivity contribution in [1.82, 2.24) is 0 Å². The van der Waals surface area contributed by atoms with E-state index < -0.39 is 0 Å². The Morgan fingerprint density at radius 3 is 2.21 bits per heavy atom. The van der Waals surface area contributed by atoms with E-state index in [1.165, 1.54) is 6.92 Å². The zero-order valence-electron chi connectivity index (χ0n) is 16.9. The molecule has 1 aliphatic carbocycles. The van der Waals surface area contributed by atoms with Gasteiger partial charge in [0.25, 0.3) is 0 Å². The predicted octanol–water partition coefficient (Wildman–Crippen LogP) is 4.62. The Labute approximate surface area is 170 Å². The summed E-state index contributed by atoms with van der Waals surface area (Å²) in [5.74, 6) is -0.140. The van der Waals surface area contributed by atoms with Gasteiger partial charge < -0.3 is 9.47 Å². The zero-order chi connectivity index (χ0) is 20.3. The summed E-state index contributed by atoms with van der Waals surface area (Å²) in [4.78, 5) is 25.4. The average molecular weight is 388 g/mol. The van der Waals surface area contributed by atoms with E-state index in [0.717, 1.165) is 40.7 Å². The lowest BCUT2D eigenvalue weighted by Gasteiger charge is -2.21. The van der Waals surface area contributed by atoms with E-state index in [0.29, 0.717) is 11.3 Å². The molecular weight excluding hydrogens is 364 g/mol. The minimum absolute atomic E-state index is 0.0231. The standard InChI is InChI=1S/C25H24O4/c1-13-11-17(16-7-5-4-6-8-16)12-14(2)20(13)23-24(27)21-18-9-10-19(29-18)22(21)25(23)28-15(3)26/h4-8,11-12,18-19,21-22H,9-10H2,1-3H3/t18?,19?,21-,22+/m0/s1. The lowest BCUT2D eigenvalue weighted by molar-refractivity contribution is -0.138. The van der Waals surface area contributed by atoms with Crippen molar-refractivity contribution in [3.05, 3.63) is 64.9 Å². The van der Waals surface area contributed by atoms with Gasteiger partial charge in [-0.15, -0.1) is 0 Å². The second kappa shape index (κ2) is 6.67. The van der Waals surface area contributed by atoms with Gasteiger partial charge in [-0.05, 0) is 54.5 Å². The van der Waals surface area contributed by atoms with Crippen LogP contribution in [0.3, 0.4) is 0 Å². The maximum absolute atomic E-state index is 13.5. The number of allylic oxidation sites excluding steroid dienone is 1. The number of hydrogen-bond donors (Lipinski definition) is 0. The van der Waals surface area contributed by atoms with Crippen molar-refractivity contribution >= 4 is 17.3 Å². The molecule has 2 fully saturated rings. The van der Waals surface area contributed by atoms with E-state index in [9.17, 15) is 9.59 Å². The van der Waals surface area contributed by atoms with E-state index in [1.54, 1.807) is 0 Å². The first-order chi connectivity index (χ1) is 14.0. The largest absolute Gasteiger partial charge is 0.430 e. The predicted molar refractivity (Wildman–Crippen MR) is 110 cm³/mol. The fraction of sp³-hybridized carbons (Fsp3) is 0.360. The number of carbonyl (C=O) groups excluding carboxylic acids is 2. The number of ether oxygens (including phenoxy) is 2. The van der Waals surface area contributed by atoms with Crippen molar-refractivity contribution in [1.29, 1.82) is 0 Å². The molecule has 0 amide bonds. The number of rotatable bonds is 3. The van der Waals surface area contributed by atoms with Crippen molar-refractivity contribution in [2.75, 3.05) is 0 Å². The maximum Gasteiger partial charge on any atom is 0.307 e. The molecule has 4 nitrogen and oxygen atoms in total. The number of hydrogen-bond acceptors (Lipinski definition) is 4. The van der Waals surface area contributed by atoms with Crippen LogP contribution in [0, 0.1) is 25.7 Å². The normalized spacial score (nSPS) is 27.5. The maximum atomic E-state index is 13.5. The number of fused-ring (bicyclic) bond motifs is 5. The molecule has 0 aromatic heterocycles. The Hall–Kier alpha value is -2.72. The third-order valence-corrected chi connectivity index (χ3v) is 6.52. The second-order valence-corrected chi connectivity index (χ2v) is 8.39. The van der Waals surface area contributed by atoms with Crippen molar-refractivity contribution in [3.63, 3.8) is 0 Å². The highest BCUT2D eigenvalue weighted by molar-refractivity contribution is 6.26. The number of carbonyl (C=O) groups is 2. The topological polar surface area (TPSA) is 52.6 Å². The summed E-state index contributed by atoms with van der Waals surface area (Å²) in [5, 5.41) is 0. The van der Waals surface area contributed by atoms with Crippen molar-refractivity contribution in [3.8, 4) is 11.1 Å². The second-order valence-electron chi connectivity index (χ2n) is 8.39. The molecule has 148 valence electrons. The summed E-state index contributed by atoms with van der Waals surface area (Å²) >= 11 is 0. The third-order valence-electron chi connectivity index (χ3n) is 6.52. The van der Waals surface area contributed by atoms with Crippen LogP contribution < -0.4 is 0 Å².